The van der Waals surface area contributed by atoms with Gasteiger partial charge >= 0.3 is 0 Å². The quantitative estimate of drug-likeness (QED) is 0.423. The van der Waals surface area contributed by atoms with Gasteiger partial charge in [-0.1, -0.05) is 30.3 Å². The van der Waals surface area contributed by atoms with E-state index in [0.717, 1.165) is 10.9 Å². The second-order valence-electron chi connectivity index (χ2n) is 8.14. The summed E-state index contributed by atoms with van der Waals surface area (Å²) in [7, 11) is -2.32. The average Bonchev–Trinajstić information content (AvgIpc) is 2.88. The molecule has 0 atom stereocenters. The number of benzene rings is 3. The fourth-order valence-corrected chi connectivity index (χ4v) is 5.42. The van der Waals surface area contributed by atoms with Gasteiger partial charge in [0, 0.05) is 30.1 Å². The van der Waals surface area contributed by atoms with Crippen molar-refractivity contribution in [1.29, 1.82) is 0 Å². The second kappa shape index (κ2) is 9.44. The molecule has 180 valence electrons. The molecule has 1 N–H and O–H groups in total. The lowest BCUT2D eigenvalue weighted by Crippen LogP contribution is -2.32. The highest BCUT2D eigenvalue weighted by molar-refractivity contribution is 7.89. The van der Waals surface area contributed by atoms with E-state index in [4.69, 9.17) is 14.2 Å². The van der Waals surface area contributed by atoms with Gasteiger partial charge in [0.15, 0.2) is 11.5 Å². The van der Waals surface area contributed by atoms with Gasteiger partial charge in [-0.3, -0.25) is 4.79 Å². The van der Waals surface area contributed by atoms with E-state index < -0.39 is 10.0 Å². The Morgan fingerprint density at radius 3 is 2.29 bits per heavy atom. The van der Waals surface area contributed by atoms with Crippen molar-refractivity contribution in [3.05, 3.63) is 94.3 Å². The highest BCUT2D eigenvalue weighted by atomic mass is 32.2. The van der Waals surface area contributed by atoms with E-state index in [9.17, 15) is 13.2 Å². The minimum absolute atomic E-state index is 0.0832. The number of pyridine rings is 1. The van der Waals surface area contributed by atoms with Crippen LogP contribution in [0, 0.1) is 0 Å². The van der Waals surface area contributed by atoms with Gasteiger partial charge in [0.25, 0.3) is 5.56 Å². The number of rotatable bonds is 7. The van der Waals surface area contributed by atoms with Crippen LogP contribution in [0.3, 0.4) is 0 Å². The Hall–Kier alpha value is -3.82. The number of hydrogen-bond donors (Lipinski definition) is 1. The molecule has 3 aromatic carbocycles. The fourth-order valence-electron chi connectivity index (χ4n) is 4.00. The van der Waals surface area contributed by atoms with E-state index >= 15 is 0 Å². The van der Waals surface area contributed by atoms with Gasteiger partial charge in [-0.15, -0.1) is 0 Å². The molecule has 0 aliphatic carbocycles. The number of aromatic amines is 1. The normalized spacial score (nSPS) is 13.2. The predicted octanol–water partition coefficient (Wildman–Crippen LogP) is 3.70. The molecule has 0 unspecified atom stereocenters. The van der Waals surface area contributed by atoms with Gasteiger partial charge in [0.1, 0.15) is 19.0 Å². The van der Waals surface area contributed by atoms with Crippen LogP contribution in [0.4, 0.5) is 0 Å². The van der Waals surface area contributed by atoms with E-state index in [-0.39, 0.29) is 23.5 Å². The predicted molar refractivity (Wildman–Crippen MR) is 131 cm³/mol. The summed E-state index contributed by atoms with van der Waals surface area (Å²) < 4.78 is 44.9. The summed E-state index contributed by atoms with van der Waals surface area (Å²) in [5.74, 6) is 1.83. The largest absolute Gasteiger partial charge is 0.497 e. The molecule has 2 heterocycles. The van der Waals surface area contributed by atoms with Crippen molar-refractivity contribution in [2.24, 2.45) is 0 Å². The summed E-state index contributed by atoms with van der Waals surface area (Å²) in [6.45, 7) is 0.862. The van der Waals surface area contributed by atoms with Gasteiger partial charge in [-0.25, -0.2) is 8.42 Å². The molecule has 0 saturated heterocycles. The van der Waals surface area contributed by atoms with E-state index in [2.05, 4.69) is 4.98 Å². The zero-order valence-corrected chi connectivity index (χ0v) is 19.9. The lowest BCUT2D eigenvalue weighted by molar-refractivity contribution is 0.172. The number of nitrogens with one attached hydrogen (secondary N) is 1. The Morgan fingerprint density at radius 2 is 1.60 bits per heavy atom. The second-order valence-corrected chi connectivity index (χ2v) is 10.1. The number of fused-ring (bicyclic) bond motifs is 2. The summed E-state index contributed by atoms with van der Waals surface area (Å²) in [6, 6.07) is 20.6. The van der Waals surface area contributed by atoms with Crippen LogP contribution >= 0.6 is 0 Å². The molecule has 0 radical (unpaired) electrons. The van der Waals surface area contributed by atoms with Gasteiger partial charge in [-0.2, -0.15) is 4.31 Å². The molecule has 0 saturated carbocycles. The summed E-state index contributed by atoms with van der Waals surface area (Å²) in [6.07, 6.45) is 0. The molecule has 0 bridgehead atoms. The molecular formula is C26H24N2O6S. The zero-order chi connectivity index (χ0) is 24.4. The fraction of sp³-hybridized carbons (Fsp3) is 0.192. The van der Waals surface area contributed by atoms with Crippen LogP contribution < -0.4 is 19.8 Å². The van der Waals surface area contributed by atoms with E-state index in [1.807, 2.05) is 0 Å². The van der Waals surface area contributed by atoms with Crippen molar-refractivity contribution in [3.63, 3.8) is 0 Å². The maximum absolute atomic E-state index is 13.6. The van der Waals surface area contributed by atoms with Crippen LogP contribution in [-0.4, -0.2) is 38.0 Å². The van der Waals surface area contributed by atoms with Crippen molar-refractivity contribution in [2.45, 2.75) is 18.0 Å². The molecule has 0 amide bonds. The molecule has 4 aromatic rings. The molecule has 0 spiro atoms. The van der Waals surface area contributed by atoms with Crippen molar-refractivity contribution in [2.75, 3.05) is 20.3 Å². The van der Waals surface area contributed by atoms with Crippen LogP contribution in [-0.2, 0) is 23.1 Å². The molecule has 35 heavy (non-hydrogen) atoms. The maximum atomic E-state index is 13.6. The Morgan fingerprint density at radius 1 is 0.914 bits per heavy atom. The Bertz CT molecular complexity index is 1520. The molecule has 1 aromatic heterocycles. The third kappa shape index (κ3) is 4.73. The average molecular weight is 493 g/mol. The van der Waals surface area contributed by atoms with Crippen LogP contribution in [0.2, 0.25) is 0 Å². The number of aromatic nitrogens is 1. The van der Waals surface area contributed by atoms with Gasteiger partial charge in [0.05, 0.1) is 17.5 Å². The molecule has 1 aliphatic rings. The molecule has 5 rings (SSSR count). The van der Waals surface area contributed by atoms with Crippen molar-refractivity contribution in [1.82, 2.24) is 9.29 Å². The number of methoxy groups -OCH3 is 1. The van der Waals surface area contributed by atoms with Crippen molar-refractivity contribution < 1.29 is 22.6 Å². The topological polar surface area (TPSA) is 97.9 Å². The highest BCUT2D eigenvalue weighted by Crippen LogP contribution is 2.34. The van der Waals surface area contributed by atoms with Crippen LogP contribution in [0.15, 0.2) is 82.5 Å². The Balaban J connectivity index is 1.54. The Kier molecular flexibility index (Phi) is 6.19. The van der Waals surface area contributed by atoms with E-state index in [1.165, 1.54) is 4.31 Å². The highest BCUT2D eigenvalue weighted by Gasteiger charge is 2.26. The first-order valence-electron chi connectivity index (χ1n) is 11.1. The summed E-state index contributed by atoms with van der Waals surface area (Å²) in [5.41, 5.74) is 1.32. The maximum Gasteiger partial charge on any atom is 0.252 e. The molecule has 1 aliphatic heterocycles. The molecule has 0 fully saturated rings. The van der Waals surface area contributed by atoms with Crippen molar-refractivity contribution in [3.8, 4) is 17.2 Å². The van der Waals surface area contributed by atoms with Gasteiger partial charge in [0.2, 0.25) is 10.0 Å². The first-order valence-corrected chi connectivity index (χ1v) is 12.5. The number of nitrogens with zero attached hydrogens (tertiary/aromatic N) is 1. The van der Waals surface area contributed by atoms with Gasteiger partial charge < -0.3 is 19.2 Å². The molecule has 9 heteroatoms. The first kappa shape index (κ1) is 22.9. The Labute approximate surface area is 202 Å². The number of ether oxygens (including phenoxy) is 3. The number of hydrogen-bond acceptors (Lipinski definition) is 6. The van der Waals surface area contributed by atoms with E-state index in [0.29, 0.717) is 41.5 Å². The SMILES string of the molecule is COc1ccc(CN(Cc2cc3cc4c(cc3[nH]c2=O)OCCO4)S(=O)(=O)c2ccccc2)cc1. The minimum atomic E-state index is -3.89. The minimum Gasteiger partial charge on any atom is -0.497 e. The third-order valence-electron chi connectivity index (χ3n) is 5.83. The monoisotopic (exact) mass is 492 g/mol. The lowest BCUT2D eigenvalue weighted by Gasteiger charge is -2.23. The smallest absolute Gasteiger partial charge is 0.252 e. The van der Waals surface area contributed by atoms with E-state index in [1.54, 1.807) is 79.9 Å². The summed E-state index contributed by atoms with van der Waals surface area (Å²) >= 11 is 0. The lowest BCUT2D eigenvalue weighted by atomic mass is 10.1. The van der Waals surface area contributed by atoms with Crippen LogP contribution in [0.5, 0.6) is 17.2 Å². The third-order valence-corrected chi connectivity index (χ3v) is 7.64. The van der Waals surface area contributed by atoms with Crippen LogP contribution in [0.1, 0.15) is 11.1 Å². The standard InChI is InChI=1S/C26H24N2O6S/c1-32-21-9-7-18(8-10-21)16-28(35(30,31)22-5-3-2-4-6-22)17-20-13-19-14-24-25(34-12-11-33-24)15-23(19)27-26(20)29/h2-10,13-15H,11-12,16-17H2,1H3,(H,27,29). The summed E-state index contributed by atoms with van der Waals surface area (Å²) in [5, 5.41) is 0.727. The molecule has 8 nitrogen and oxygen atoms in total. The number of sulfonamides is 1. The molecular weight excluding hydrogens is 468 g/mol. The zero-order valence-electron chi connectivity index (χ0n) is 19.1. The van der Waals surface area contributed by atoms with Crippen molar-refractivity contribution >= 4 is 20.9 Å². The first-order chi connectivity index (χ1) is 16.9. The van der Waals surface area contributed by atoms with Gasteiger partial charge in [-0.05, 0) is 42.0 Å². The summed E-state index contributed by atoms with van der Waals surface area (Å²) in [4.78, 5) is 16.0. The van der Waals surface area contributed by atoms with Crippen LogP contribution in [0.25, 0.3) is 10.9 Å². The number of H-pyrrole nitrogens is 1.